The highest BCUT2D eigenvalue weighted by molar-refractivity contribution is 5.28. The van der Waals surface area contributed by atoms with E-state index in [-0.39, 0.29) is 0 Å². The van der Waals surface area contributed by atoms with E-state index in [2.05, 4.69) is 19.2 Å². The van der Waals surface area contributed by atoms with Gasteiger partial charge in [0.05, 0.1) is 5.69 Å². The van der Waals surface area contributed by atoms with Crippen molar-refractivity contribution in [2.24, 2.45) is 5.92 Å². The van der Waals surface area contributed by atoms with E-state index in [4.69, 9.17) is 9.97 Å². The zero-order valence-corrected chi connectivity index (χ0v) is 11.5. The van der Waals surface area contributed by atoms with E-state index >= 15 is 0 Å². The molecule has 1 aliphatic carbocycles. The molecule has 0 spiro atoms. The lowest BCUT2D eigenvalue weighted by molar-refractivity contribution is 0.334. The third kappa shape index (κ3) is 2.28. The van der Waals surface area contributed by atoms with E-state index in [0.717, 1.165) is 31.3 Å². The van der Waals surface area contributed by atoms with Crippen molar-refractivity contribution in [3.8, 4) is 0 Å². The maximum atomic E-state index is 4.86. The Balaban J connectivity index is 1.90. The number of aryl methyl sites for hydroxylation is 1. The Bertz CT molecular complexity index is 442. The first-order chi connectivity index (χ1) is 8.74. The van der Waals surface area contributed by atoms with Crippen molar-refractivity contribution in [2.45, 2.75) is 58.4 Å². The van der Waals surface area contributed by atoms with E-state index in [1.165, 1.54) is 42.6 Å². The minimum Gasteiger partial charge on any atom is -0.311 e. The molecule has 1 aromatic rings. The molecule has 2 aliphatic rings. The van der Waals surface area contributed by atoms with Gasteiger partial charge in [0, 0.05) is 18.2 Å². The minimum atomic E-state index is 0.597. The first kappa shape index (κ1) is 12.1. The molecule has 0 saturated heterocycles. The van der Waals surface area contributed by atoms with Crippen LogP contribution in [0, 0.1) is 12.8 Å². The summed E-state index contributed by atoms with van der Waals surface area (Å²) in [5, 5.41) is 3.42. The maximum Gasteiger partial charge on any atom is 0.132 e. The molecule has 1 N–H and O–H groups in total. The normalized spacial score (nSPS) is 27.9. The predicted molar refractivity (Wildman–Crippen MR) is 72.6 cm³/mol. The second-order valence-electron chi connectivity index (χ2n) is 5.99. The quantitative estimate of drug-likeness (QED) is 0.826. The van der Waals surface area contributed by atoms with Gasteiger partial charge in [-0.15, -0.1) is 0 Å². The highest BCUT2D eigenvalue weighted by atomic mass is 15.0. The molecule has 3 heteroatoms. The molecular formula is C15H23N3. The van der Waals surface area contributed by atoms with Crippen molar-refractivity contribution in [1.29, 1.82) is 0 Å². The van der Waals surface area contributed by atoms with Crippen molar-refractivity contribution in [2.75, 3.05) is 6.54 Å². The first-order valence-corrected chi connectivity index (χ1v) is 7.31. The van der Waals surface area contributed by atoms with E-state index < -0.39 is 0 Å². The van der Waals surface area contributed by atoms with Crippen molar-refractivity contribution in [3.05, 3.63) is 22.8 Å². The lowest BCUT2D eigenvalue weighted by Crippen LogP contribution is -2.27. The largest absolute Gasteiger partial charge is 0.311 e. The third-order valence-corrected chi connectivity index (χ3v) is 4.46. The zero-order chi connectivity index (χ0) is 12.5. The zero-order valence-electron chi connectivity index (χ0n) is 11.5. The highest BCUT2D eigenvalue weighted by Gasteiger charge is 2.24. The van der Waals surface area contributed by atoms with Crippen LogP contribution in [0.25, 0.3) is 0 Å². The third-order valence-electron chi connectivity index (χ3n) is 4.46. The fourth-order valence-corrected chi connectivity index (χ4v) is 3.42. The smallest absolute Gasteiger partial charge is 0.132 e. The van der Waals surface area contributed by atoms with Gasteiger partial charge >= 0.3 is 0 Å². The van der Waals surface area contributed by atoms with Crippen molar-refractivity contribution >= 4 is 0 Å². The van der Waals surface area contributed by atoms with Crippen molar-refractivity contribution < 1.29 is 0 Å². The first-order valence-electron chi connectivity index (χ1n) is 7.31. The van der Waals surface area contributed by atoms with Crippen LogP contribution in [-0.2, 0) is 13.0 Å². The van der Waals surface area contributed by atoms with Gasteiger partial charge < -0.3 is 5.32 Å². The van der Waals surface area contributed by atoms with Gasteiger partial charge in [-0.2, -0.15) is 0 Å². The maximum absolute atomic E-state index is 4.86. The second kappa shape index (κ2) is 4.96. The van der Waals surface area contributed by atoms with Gasteiger partial charge in [-0.25, -0.2) is 9.97 Å². The van der Waals surface area contributed by atoms with Gasteiger partial charge in [0.2, 0.25) is 0 Å². The lowest BCUT2D eigenvalue weighted by Gasteiger charge is -2.27. The number of nitrogens with one attached hydrogen (secondary N) is 1. The summed E-state index contributed by atoms with van der Waals surface area (Å²) < 4.78 is 0. The van der Waals surface area contributed by atoms with E-state index in [9.17, 15) is 0 Å². The molecule has 0 radical (unpaired) electrons. The summed E-state index contributed by atoms with van der Waals surface area (Å²) >= 11 is 0. The Morgan fingerprint density at radius 2 is 2.11 bits per heavy atom. The van der Waals surface area contributed by atoms with Gasteiger partial charge in [-0.1, -0.05) is 19.8 Å². The monoisotopic (exact) mass is 245 g/mol. The SMILES string of the molecule is Cc1nc(C2CCCC(C)C2)nc2c1CCNC2. The molecule has 2 atom stereocenters. The second-order valence-corrected chi connectivity index (χ2v) is 5.99. The van der Waals surface area contributed by atoms with Crippen LogP contribution in [0.5, 0.6) is 0 Å². The molecule has 1 saturated carbocycles. The Kier molecular flexibility index (Phi) is 3.33. The summed E-state index contributed by atoms with van der Waals surface area (Å²) in [4.78, 5) is 9.66. The topological polar surface area (TPSA) is 37.8 Å². The summed E-state index contributed by atoms with van der Waals surface area (Å²) in [7, 11) is 0. The summed E-state index contributed by atoms with van der Waals surface area (Å²) in [5.41, 5.74) is 3.86. The fourth-order valence-electron chi connectivity index (χ4n) is 3.42. The van der Waals surface area contributed by atoms with Crippen molar-refractivity contribution in [1.82, 2.24) is 15.3 Å². The fraction of sp³-hybridized carbons (Fsp3) is 0.733. The van der Waals surface area contributed by atoms with Crippen LogP contribution in [0.3, 0.4) is 0 Å². The molecule has 98 valence electrons. The van der Waals surface area contributed by atoms with Crippen LogP contribution >= 0.6 is 0 Å². The summed E-state index contributed by atoms with van der Waals surface area (Å²) in [6.07, 6.45) is 6.34. The van der Waals surface area contributed by atoms with Crippen LogP contribution in [0.1, 0.15) is 61.3 Å². The van der Waals surface area contributed by atoms with Crippen LogP contribution in [-0.4, -0.2) is 16.5 Å². The number of aromatic nitrogens is 2. The number of rotatable bonds is 1. The summed E-state index contributed by atoms with van der Waals surface area (Å²) in [6.45, 7) is 6.51. The van der Waals surface area contributed by atoms with Crippen LogP contribution < -0.4 is 5.32 Å². The Labute approximate surface area is 109 Å². The Morgan fingerprint density at radius 1 is 1.22 bits per heavy atom. The average Bonchev–Trinajstić information content (AvgIpc) is 2.39. The molecule has 1 fully saturated rings. The lowest BCUT2D eigenvalue weighted by atomic mass is 9.82. The molecular weight excluding hydrogens is 222 g/mol. The molecule has 0 amide bonds. The molecule has 3 nitrogen and oxygen atoms in total. The molecule has 1 aliphatic heterocycles. The standard InChI is InChI=1S/C15H23N3/c1-10-4-3-5-12(8-10)15-17-11(2)13-6-7-16-9-14(13)18-15/h10,12,16H,3-9H2,1-2H3. The molecule has 0 bridgehead atoms. The van der Waals surface area contributed by atoms with Gasteiger partial charge in [0.25, 0.3) is 0 Å². The molecule has 18 heavy (non-hydrogen) atoms. The molecule has 2 heterocycles. The summed E-state index contributed by atoms with van der Waals surface area (Å²) in [5.74, 6) is 2.54. The number of hydrogen-bond acceptors (Lipinski definition) is 3. The van der Waals surface area contributed by atoms with E-state index in [0.29, 0.717) is 5.92 Å². The van der Waals surface area contributed by atoms with E-state index in [1.54, 1.807) is 0 Å². The van der Waals surface area contributed by atoms with Crippen LogP contribution in [0.4, 0.5) is 0 Å². The van der Waals surface area contributed by atoms with Gasteiger partial charge in [0.1, 0.15) is 5.82 Å². The van der Waals surface area contributed by atoms with Gasteiger partial charge in [-0.05, 0) is 44.2 Å². The molecule has 3 rings (SSSR count). The Morgan fingerprint density at radius 3 is 2.94 bits per heavy atom. The molecule has 0 aromatic carbocycles. The predicted octanol–water partition coefficient (Wildman–Crippen LogP) is 2.72. The summed E-state index contributed by atoms with van der Waals surface area (Å²) in [6, 6.07) is 0. The van der Waals surface area contributed by atoms with Gasteiger partial charge in [-0.3, -0.25) is 0 Å². The number of hydrogen-bond donors (Lipinski definition) is 1. The number of fused-ring (bicyclic) bond motifs is 1. The van der Waals surface area contributed by atoms with E-state index in [1.807, 2.05) is 0 Å². The minimum absolute atomic E-state index is 0.597. The van der Waals surface area contributed by atoms with Crippen molar-refractivity contribution in [3.63, 3.8) is 0 Å². The molecule has 1 aromatic heterocycles. The highest BCUT2D eigenvalue weighted by Crippen LogP contribution is 2.35. The Hall–Kier alpha value is -0.960. The average molecular weight is 245 g/mol. The van der Waals surface area contributed by atoms with Crippen LogP contribution in [0.15, 0.2) is 0 Å². The van der Waals surface area contributed by atoms with Crippen LogP contribution in [0.2, 0.25) is 0 Å². The number of nitrogens with zero attached hydrogens (tertiary/aromatic N) is 2. The van der Waals surface area contributed by atoms with Gasteiger partial charge in [0.15, 0.2) is 0 Å². The molecule has 2 unspecified atom stereocenters.